The number of rotatable bonds is 5. The predicted octanol–water partition coefficient (Wildman–Crippen LogP) is 1.08. The zero-order valence-electron chi connectivity index (χ0n) is 13.8. The van der Waals surface area contributed by atoms with Gasteiger partial charge in [0.15, 0.2) is 0 Å². The molecule has 1 aliphatic rings. The predicted molar refractivity (Wildman–Crippen MR) is 89.7 cm³/mol. The SMILES string of the molecule is Cc1nccn1CCN(C)c1nccc(N2CCCC(O)C2)n1. The Bertz CT molecular complexity index is 643. The number of anilines is 2. The van der Waals surface area contributed by atoms with Crippen LogP contribution in [0.15, 0.2) is 24.7 Å². The first-order valence-corrected chi connectivity index (χ1v) is 8.08. The van der Waals surface area contributed by atoms with Gasteiger partial charge in [0.1, 0.15) is 11.6 Å². The van der Waals surface area contributed by atoms with Gasteiger partial charge in [0, 0.05) is 51.8 Å². The van der Waals surface area contributed by atoms with E-state index in [-0.39, 0.29) is 6.10 Å². The maximum atomic E-state index is 9.83. The van der Waals surface area contributed by atoms with Crippen molar-refractivity contribution in [1.29, 1.82) is 0 Å². The molecule has 3 heterocycles. The number of aliphatic hydroxyl groups excluding tert-OH is 1. The number of aryl methyl sites for hydroxylation is 1. The number of likely N-dealkylation sites (N-methyl/N-ethyl adjacent to an activating group) is 1. The lowest BCUT2D eigenvalue weighted by atomic mass is 10.1. The van der Waals surface area contributed by atoms with E-state index in [2.05, 4.69) is 24.4 Å². The second-order valence-electron chi connectivity index (χ2n) is 6.05. The zero-order chi connectivity index (χ0) is 16.2. The molecule has 23 heavy (non-hydrogen) atoms. The summed E-state index contributed by atoms with van der Waals surface area (Å²) in [5, 5.41) is 9.83. The Morgan fingerprint density at radius 3 is 2.96 bits per heavy atom. The fourth-order valence-corrected chi connectivity index (χ4v) is 2.86. The average molecular weight is 316 g/mol. The minimum Gasteiger partial charge on any atom is -0.391 e. The van der Waals surface area contributed by atoms with Gasteiger partial charge < -0.3 is 19.5 Å². The molecule has 0 spiro atoms. The Labute approximate surface area is 136 Å². The van der Waals surface area contributed by atoms with Gasteiger partial charge in [-0.25, -0.2) is 9.97 Å². The summed E-state index contributed by atoms with van der Waals surface area (Å²) >= 11 is 0. The molecule has 7 nitrogen and oxygen atoms in total. The fourth-order valence-electron chi connectivity index (χ4n) is 2.86. The van der Waals surface area contributed by atoms with E-state index in [9.17, 15) is 5.11 Å². The molecule has 0 aromatic carbocycles. The van der Waals surface area contributed by atoms with Gasteiger partial charge in [0.25, 0.3) is 0 Å². The summed E-state index contributed by atoms with van der Waals surface area (Å²) in [6.45, 7) is 5.24. The molecule has 0 bridgehead atoms. The van der Waals surface area contributed by atoms with Crippen molar-refractivity contribution in [3.8, 4) is 0 Å². The van der Waals surface area contributed by atoms with Gasteiger partial charge >= 0.3 is 0 Å². The van der Waals surface area contributed by atoms with Crippen LogP contribution in [0, 0.1) is 6.92 Å². The van der Waals surface area contributed by atoms with Crippen LogP contribution in [-0.4, -0.2) is 57.4 Å². The zero-order valence-corrected chi connectivity index (χ0v) is 13.8. The molecule has 0 saturated carbocycles. The third-order valence-corrected chi connectivity index (χ3v) is 4.29. The van der Waals surface area contributed by atoms with Crippen molar-refractivity contribution in [3.05, 3.63) is 30.5 Å². The molecule has 3 rings (SSSR count). The number of nitrogens with zero attached hydrogens (tertiary/aromatic N) is 6. The second kappa shape index (κ2) is 6.95. The van der Waals surface area contributed by atoms with Gasteiger partial charge in [-0.3, -0.25) is 0 Å². The summed E-state index contributed by atoms with van der Waals surface area (Å²) in [5.41, 5.74) is 0. The highest BCUT2D eigenvalue weighted by molar-refractivity contribution is 5.43. The molecule has 1 saturated heterocycles. The molecule has 0 aliphatic carbocycles. The van der Waals surface area contributed by atoms with E-state index in [0.29, 0.717) is 12.5 Å². The van der Waals surface area contributed by atoms with Crippen LogP contribution in [0.3, 0.4) is 0 Å². The molecule has 1 aliphatic heterocycles. The van der Waals surface area contributed by atoms with Crippen LogP contribution in [0.1, 0.15) is 18.7 Å². The monoisotopic (exact) mass is 316 g/mol. The van der Waals surface area contributed by atoms with E-state index in [0.717, 1.165) is 44.1 Å². The number of hydrogen-bond acceptors (Lipinski definition) is 6. The van der Waals surface area contributed by atoms with E-state index in [1.54, 1.807) is 6.20 Å². The Kier molecular flexibility index (Phi) is 4.76. The molecule has 1 atom stereocenters. The van der Waals surface area contributed by atoms with E-state index in [1.807, 2.05) is 37.3 Å². The highest BCUT2D eigenvalue weighted by Crippen LogP contribution is 2.19. The fraction of sp³-hybridized carbons (Fsp3) is 0.562. The highest BCUT2D eigenvalue weighted by Gasteiger charge is 2.19. The molecular weight excluding hydrogens is 292 g/mol. The summed E-state index contributed by atoms with van der Waals surface area (Å²) in [6.07, 6.45) is 7.19. The summed E-state index contributed by atoms with van der Waals surface area (Å²) < 4.78 is 2.11. The highest BCUT2D eigenvalue weighted by atomic mass is 16.3. The van der Waals surface area contributed by atoms with Crippen molar-refractivity contribution in [3.63, 3.8) is 0 Å². The minimum atomic E-state index is -0.260. The number of β-amino-alcohol motifs (C(OH)–C–C–N with tert-alkyl or cyclic N) is 1. The summed E-state index contributed by atoms with van der Waals surface area (Å²) in [4.78, 5) is 17.4. The van der Waals surface area contributed by atoms with Crippen LogP contribution in [0.5, 0.6) is 0 Å². The quantitative estimate of drug-likeness (QED) is 0.890. The van der Waals surface area contributed by atoms with Crippen molar-refractivity contribution in [2.75, 3.05) is 36.5 Å². The maximum Gasteiger partial charge on any atom is 0.227 e. The molecule has 2 aromatic rings. The van der Waals surface area contributed by atoms with Crippen molar-refractivity contribution >= 4 is 11.8 Å². The van der Waals surface area contributed by atoms with Gasteiger partial charge in [0.2, 0.25) is 5.95 Å². The van der Waals surface area contributed by atoms with Crippen molar-refractivity contribution in [2.45, 2.75) is 32.4 Å². The third-order valence-electron chi connectivity index (χ3n) is 4.29. The van der Waals surface area contributed by atoms with E-state index in [1.165, 1.54) is 0 Å². The minimum absolute atomic E-state index is 0.260. The Hall–Kier alpha value is -2.15. The van der Waals surface area contributed by atoms with Crippen LogP contribution in [0.25, 0.3) is 0 Å². The smallest absolute Gasteiger partial charge is 0.227 e. The number of imidazole rings is 1. The van der Waals surface area contributed by atoms with Crippen molar-refractivity contribution in [1.82, 2.24) is 19.5 Å². The van der Waals surface area contributed by atoms with E-state index in [4.69, 9.17) is 0 Å². The molecule has 1 fully saturated rings. The molecule has 1 N–H and O–H groups in total. The average Bonchev–Trinajstić information content (AvgIpc) is 2.98. The van der Waals surface area contributed by atoms with Crippen LogP contribution in [0.2, 0.25) is 0 Å². The lowest BCUT2D eigenvalue weighted by Gasteiger charge is -2.31. The number of hydrogen-bond donors (Lipinski definition) is 1. The summed E-state index contributed by atoms with van der Waals surface area (Å²) in [5.74, 6) is 2.61. The van der Waals surface area contributed by atoms with Gasteiger partial charge in [0.05, 0.1) is 6.10 Å². The maximum absolute atomic E-state index is 9.83. The van der Waals surface area contributed by atoms with E-state index >= 15 is 0 Å². The number of aromatic nitrogens is 4. The third kappa shape index (κ3) is 3.79. The molecule has 7 heteroatoms. The lowest BCUT2D eigenvalue weighted by Crippen LogP contribution is -2.39. The first kappa shape index (κ1) is 15.7. The van der Waals surface area contributed by atoms with Gasteiger partial charge in [-0.2, -0.15) is 4.98 Å². The van der Waals surface area contributed by atoms with Crippen molar-refractivity contribution in [2.24, 2.45) is 0 Å². The first-order valence-electron chi connectivity index (χ1n) is 8.08. The second-order valence-corrected chi connectivity index (χ2v) is 6.05. The first-order chi connectivity index (χ1) is 11.1. The van der Waals surface area contributed by atoms with Crippen LogP contribution in [-0.2, 0) is 6.54 Å². The van der Waals surface area contributed by atoms with E-state index < -0.39 is 0 Å². The molecule has 2 aromatic heterocycles. The van der Waals surface area contributed by atoms with Crippen LogP contribution >= 0.6 is 0 Å². The Morgan fingerprint density at radius 1 is 1.35 bits per heavy atom. The number of aliphatic hydroxyl groups is 1. The van der Waals surface area contributed by atoms with Crippen LogP contribution < -0.4 is 9.80 Å². The molecule has 0 amide bonds. The molecule has 1 unspecified atom stereocenters. The van der Waals surface area contributed by atoms with Crippen molar-refractivity contribution < 1.29 is 5.11 Å². The molecule has 0 radical (unpaired) electrons. The Balaban J connectivity index is 1.65. The topological polar surface area (TPSA) is 70.3 Å². The lowest BCUT2D eigenvalue weighted by molar-refractivity contribution is 0.154. The van der Waals surface area contributed by atoms with Crippen LogP contribution in [0.4, 0.5) is 11.8 Å². The molecule has 124 valence electrons. The summed E-state index contributed by atoms with van der Waals surface area (Å²) in [6, 6.07) is 1.91. The summed E-state index contributed by atoms with van der Waals surface area (Å²) in [7, 11) is 2.00. The van der Waals surface area contributed by atoms with Gasteiger partial charge in [-0.05, 0) is 25.8 Å². The molecular formula is C16H24N6O. The van der Waals surface area contributed by atoms with Gasteiger partial charge in [-0.15, -0.1) is 0 Å². The largest absolute Gasteiger partial charge is 0.391 e. The normalized spacial score (nSPS) is 18.2. The Morgan fingerprint density at radius 2 is 2.22 bits per heavy atom. The standard InChI is InChI=1S/C16H24N6O/c1-13-17-7-9-21(13)11-10-20(2)16-18-6-5-15(19-16)22-8-3-4-14(23)12-22/h5-7,9,14,23H,3-4,8,10-12H2,1-2H3. The van der Waals surface area contributed by atoms with Gasteiger partial charge in [-0.1, -0.05) is 0 Å². The number of piperidine rings is 1.